The van der Waals surface area contributed by atoms with Crippen LogP contribution in [0.1, 0.15) is 37.3 Å². The van der Waals surface area contributed by atoms with E-state index in [1.54, 1.807) is 0 Å². The molecule has 0 aromatic heterocycles. The average Bonchev–Trinajstić information content (AvgIpc) is 2.38. The largest absolute Gasteiger partial charge is 0.306 e. The molecule has 1 aromatic carbocycles. The summed E-state index contributed by atoms with van der Waals surface area (Å²) in [6.07, 6.45) is 5.33. The molecule has 0 aliphatic carbocycles. The quantitative estimate of drug-likeness (QED) is 0.772. The molecule has 1 saturated heterocycles. The Labute approximate surface area is 112 Å². The lowest BCUT2D eigenvalue weighted by atomic mass is 9.90. The number of benzene rings is 1. The summed E-state index contributed by atoms with van der Waals surface area (Å²) in [5, 5.41) is 0. The van der Waals surface area contributed by atoms with Gasteiger partial charge in [-0.3, -0.25) is 0 Å². The van der Waals surface area contributed by atoms with E-state index in [2.05, 4.69) is 49.7 Å². The van der Waals surface area contributed by atoms with Gasteiger partial charge in [0, 0.05) is 0 Å². The molecule has 1 aromatic rings. The summed E-state index contributed by atoms with van der Waals surface area (Å²) in [4.78, 5) is 2.44. The van der Waals surface area contributed by atoms with E-state index in [1.165, 1.54) is 49.9 Å². The SMILES string of the molecule is C=C(C)c1ccc(CCC2CCN(C)CC2)cc1. The highest BCUT2D eigenvalue weighted by atomic mass is 15.1. The maximum atomic E-state index is 3.98. The molecule has 1 nitrogen and oxygen atoms in total. The Morgan fingerprint density at radius 1 is 1.22 bits per heavy atom. The molecule has 0 atom stereocenters. The Morgan fingerprint density at radius 3 is 2.39 bits per heavy atom. The van der Waals surface area contributed by atoms with Crippen molar-refractivity contribution in [2.24, 2.45) is 5.92 Å². The zero-order valence-corrected chi connectivity index (χ0v) is 11.8. The highest BCUT2D eigenvalue weighted by Gasteiger charge is 2.16. The molecule has 1 heterocycles. The Balaban J connectivity index is 1.81. The van der Waals surface area contributed by atoms with E-state index in [9.17, 15) is 0 Å². The van der Waals surface area contributed by atoms with Crippen molar-refractivity contribution in [3.05, 3.63) is 42.0 Å². The molecule has 0 unspecified atom stereocenters. The first-order chi connectivity index (χ1) is 8.65. The van der Waals surface area contributed by atoms with E-state index in [4.69, 9.17) is 0 Å². The monoisotopic (exact) mass is 243 g/mol. The smallest absolute Gasteiger partial charge is 0.00191 e. The lowest BCUT2D eigenvalue weighted by Gasteiger charge is -2.28. The van der Waals surface area contributed by atoms with Gasteiger partial charge in [-0.15, -0.1) is 0 Å². The van der Waals surface area contributed by atoms with Crippen LogP contribution in [0, 0.1) is 5.92 Å². The highest BCUT2D eigenvalue weighted by molar-refractivity contribution is 5.61. The zero-order valence-electron chi connectivity index (χ0n) is 11.8. The first-order valence-corrected chi connectivity index (χ1v) is 7.08. The summed E-state index contributed by atoms with van der Waals surface area (Å²) < 4.78 is 0. The molecular weight excluding hydrogens is 218 g/mol. The normalized spacial score (nSPS) is 17.9. The minimum atomic E-state index is 0.932. The fourth-order valence-electron chi connectivity index (χ4n) is 2.68. The average molecular weight is 243 g/mol. The van der Waals surface area contributed by atoms with Crippen molar-refractivity contribution in [3.63, 3.8) is 0 Å². The van der Waals surface area contributed by atoms with Gasteiger partial charge in [-0.05, 0) is 69.8 Å². The van der Waals surface area contributed by atoms with Crippen LogP contribution >= 0.6 is 0 Å². The Bertz CT molecular complexity index is 383. The minimum Gasteiger partial charge on any atom is -0.306 e. The van der Waals surface area contributed by atoms with Crippen LogP contribution in [0.3, 0.4) is 0 Å². The molecule has 0 N–H and O–H groups in total. The number of nitrogens with zero attached hydrogens (tertiary/aromatic N) is 1. The number of rotatable bonds is 4. The van der Waals surface area contributed by atoms with Gasteiger partial charge in [-0.2, -0.15) is 0 Å². The molecule has 2 rings (SSSR count). The van der Waals surface area contributed by atoms with Gasteiger partial charge in [0.1, 0.15) is 0 Å². The predicted octanol–water partition coefficient (Wildman–Crippen LogP) is 3.99. The van der Waals surface area contributed by atoms with Gasteiger partial charge in [0.2, 0.25) is 0 Å². The van der Waals surface area contributed by atoms with Crippen LogP contribution < -0.4 is 0 Å². The van der Waals surface area contributed by atoms with Crippen LogP contribution in [-0.4, -0.2) is 25.0 Å². The number of hydrogen-bond acceptors (Lipinski definition) is 1. The third-order valence-electron chi connectivity index (χ3n) is 4.13. The summed E-state index contributed by atoms with van der Waals surface area (Å²) >= 11 is 0. The van der Waals surface area contributed by atoms with E-state index in [0.29, 0.717) is 0 Å². The molecule has 0 radical (unpaired) electrons. The fraction of sp³-hybridized carbons (Fsp3) is 0.529. The van der Waals surface area contributed by atoms with Crippen molar-refractivity contribution >= 4 is 5.57 Å². The molecule has 0 spiro atoms. The van der Waals surface area contributed by atoms with E-state index < -0.39 is 0 Å². The zero-order chi connectivity index (χ0) is 13.0. The molecule has 1 aliphatic rings. The van der Waals surface area contributed by atoms with E-state index >= 15 is 0 Å². The van der Waals surface area contributed by atoms with Crippen LogP contribution in [0.25, 0.3) is 5.57 Å². The number of likely N-dealkylation sites (tertiary alicyclic amines) is 1. The van der Waals surface area contributed by atoms with Crippen LogP contribution in [0.2, 0.25) is 0 Å². The van der Waals surface area contributed by atoms with Crippen molar-refractivity contribution in [1.82, 2.24) is 4.90 Å². The Hall–Kier alpha value is -1.08. The maximum absolute atomic E-state index is 3.98. The lowest BCUT2D eigenvalue weighted by Crippen LogP contribution is -2.30. The van der Waals surface area contributed by atoms with Gasteiger partial charge in [0.25, 0.3) is 0 Å². The van der Waals surface area contributed by atoms with Crippen LogP contribution in [0.5, 0.6) is 0 Å². The highest BCUT2D eigenvalue weighted by Crippen LogP contribution is 2.22. The molecule has 0 bridgehead atoms. The molecule has 18 heavy (non-hydrogen) atoms. The number of aryl methyl sites for hydroxylation is 1. The van der Waals surface area contributed by atoms with Gasteiger partial charge >= 0.3 is 0 Å². The summed E-state index contributed by atoms with van der Waals surface area (Å²) in [5.74, 6) is 0.932. The minimum absolute atomic E-state index is 0.932. The third kappa shape index (κ3) is 3.71. The first-order valence-electron chi connectivity index (χ1n) is 7.08. The topological polar surface area (TPSA) is 3.24 Å². The second kappa shape index (κ2) is 6.19. The second-order valence-corrected chi connectivity index (χ2v) is 5.76. The van der Waals surface area contributed by atoms with Crippen molar-refractivity contribution in [2.75, 3.05) is 20.1 Å². The number of hydrogen-bond donors (Lipinski definition) is 0. The van der Waals surface area contributed by atoms with E-state index in [0.717, 1.165) is 11.5 Å². The van der Waals surface area contributed by atoms with Crippen LogP contribution in [0.4, 0.5) is 0 Å². The Kier molecular flexibility index (Phi) is 4.60. The van der Waals surface area contributed by atoms with Gasteiger partial charge in [0.05, 0.1) is 0 Å². The molecule has 1 heteroatoms. The van der Waals surface area contributed by atoms with Crippen molar-refractivity contribution in [2.45, 2.75) is 32.6 Å². The molecular formula is C17H25N. The lowest BCUT2D eigenvalue weighted by molar-refractivity contribution is 0.212. The summed E-state index contributed by atoms with van der Waals surface area (Å²) in [5.41, 5.74) is 3.88. The number of piperidine rings is 1. The number of allylic oxidation sites excluding steroid dienone is 1. The third-order valence-corrected chi connectivity index (χ3v) is 4.13. The molecule has 98 valence electrons. The van der Waals surface area contributed by atoms with Gasteiger partial charge in [-0.25, -0.2) is 0 Å². The summed E-state index contributed by atoms with van der Waals surface area (Å²) in [6, 6.07) is 8.93. The second-order valence-electron chi connectivity index (χ2n) is 5.76. The van der Waals surface area contributed by atoms with E-state index in [-0.39, 0.29) is 0 Å². The maximum Gasteiger partial charge on any atom is -0.00191 e. The van der Waals surface area contributed by atoms with Gasteiger partial charge in [-0.1, -0.05) is 36.4 Å². The predicted molar refractivity (Wildman–Crippen MR) is 79.7 cm³/mol. The first kappa shape index (κ1) is 13.4. The Morgan fingerprint density at radius 2 is 1.83 bits per heavy atom. The fourth-order valence-corrected chi connectivity index (χ4v) is 2.68. The molecule has 0 saturated carbocycles. The molecule has 1 fully saturated rings. The van der Waals surface area contributed by atoms with Crippen molar-refractivity contribution in [1.29, 1.82) is 0 Å². The molecule has 1 aliphatic heterocycles. The van der Waals surface area contributed by atoms with Crippen molar-refractivity contribution < 1.29 is 0 Å². The van der Waals surface area contributed by atoms with E-state index in [1.807, 2.05) is 0 Å². The van der Waals surface area contributed by atoms with Gasteiger partial charge in [0.15, 0.2) is 0 Å². The standard InChI is InChI=1S/C17H25N/c1-14(2)17-8-6-15(7-9-17)4-5-16-10-12-18(3)13-11-16/h6-9,16H,1,4-5,10-13H2,2-3H3. The van der Waals surface area contributed by atoms with Crippen molar-refractivity contribution in [3.8, 4) is 0 Å². The van der Waals surface area contributed by atoms with Crippen LogP contribution in [0.15, 0.2) is 30.8 Å². The molecule has 0 amide bonds. The van der Waals surface area contributed by atoms with Gasteiger partial charge < -0.3 is 4.90 Å². The summed E-state index contributed by atoms with van der Waals surface area (Å²) in [7, 11) is 2.23. The van der Waals surface area contributed by atoms with Crippen LogP contribution in [-0.2, 0) is 6.42 Å². The summed E-state index contributed by atoms with van der Waals surface area (Å²) in [6.45, 7) is 8.59.